The summed E-state index contributed by atoms with van der Waals surface area (Å²) >= 11 is 0. The van der Waals surface area contributed by atoms with E-state index in [2.05, 4.69) is 5.32 Å². The maximum absolute atomic E-state index is 12.9. The summed E-state index contributed by atoms with van der Waals surface area (Å²) in [5, 5.41) is 2.57. The highest BCUT2D eigenvalue weighted by Crippen LogP contribution is 2.23. The Morgan fingerprint density at radius 2 is 1.68 bits per heavy atom. The Balaban J connectivity index is 1.70. The van der Waals surface area contributed by atoms with Crippen molar-refractivity contribution in [1.82, 2.24) is 13.9 Å². The summed E-state index contributed by atoms with van der Waals surface area (Å²) in [7, 11) is -10.9. The van der Waals surface area contributed by atoms with Crippen molar-refractivity contribution < 1.29 is 30.0 Å². The van der Waals surface area contributed by atoms with Crippen LogP contribution in [-0.2, 0) is 34.7 Å². The molecule has 0 spiro atoms. The number of amides is 1. The van der Waals surface area contributed by atoms with Crippen molar-refractivity contribution in [2.24, 2.45) is 0 Å². The molecule has 2 heterocycles. The van der Waals surface area contributed by atoms with Gasteiger partial charge in [0.1, 0.15) is 0 Å². The van der Waals surface area contributed by atoms with Gasteiger partial charge in [0.2, 0.25) is 26.0 Å². The van der Waals surface area contributed by atoms with Crippen LogP contribution in [0.1, 0.15) is 26.2 Å². The molecular formula is C18H27N3O7S3. The molecule has 31 heavy (non-hydrogen) atoms. The number of hydrogen-bond acceptors (Lipinski definition) is 7. The molecule has 0 bridgehead atoms. The van der Waals surface area contributed by atoms with E-state index in [1.54, 1.807) is 6.92 Å². The van der Waals surface area contributed by atoms with Crippen LogP contribution in [0, 0.1) is 0 Å². The first-order valence-electron chi connectivity index (χ1n) is 10.1. The van der Waals surface area contributed by atoms with E-state index < -0.39 is 48.4 Å². The molecule has 1 N–H and O–H groups in total. The molecule has 174 valence electrons. The summed E-state index contributed by atoms with van der Waals surface area (Å²) < 4.78 is 76.5. The van der Waals surface area contributed by atoms with Gasteiger partial charge >= 0.3 is 0 Å². The second-order valence-electron chi connectivity index (χ2n) is 7.68. The van der Waals surface area contributed by atoms with Crippen LogP contribution < -0.4 is 5.32 Å². The van der Waals surface area contributed by atoms with E-state index in [4.69, 9.17) is 0 Å². The Kier molecular flexibility index (Phi) is 7.11. The van der Waals surface area contributed by atoms with Gasteiger partial charge in [0.15, 0.2) is 9.84 Å². The minimum Gasteiger partial charge on any atom is -0.351 e. The lowest BCUT2D eigenvalue weighted by Gasteiger charge is -2.21. The summed E-state index contributed by atoms with van der Waals surface area (Å²) in [5.74, 6) is -0.730. The molecule has 0 unspecified atom stereocenters. The van der Waals surface area contributed by atoms with Crippen molar-refractivity contribution in [2.75, 3.05) is 37.7 Å². The van der Waals surface area contributed by atoms with Crippen LogP contribution in [0.5, 0.6) is 0 Å². The number of rotatable bonds is 8. The van der Waals surface area contributed by atoms with Crippen molar-refractivity contribution in [3.8, 4) is 0 Å². The normalized spacial score (nSPS) is 22.1. The SMILES string of the molecule is CCN(CC(=O)N[C@@H]1CCS(=O)(=O)C1)S(=O)(=O)c1ccc(S(=O)(=O)N2CCCC2)cc1. The zero-order valence-electron chi connectivity index (χ0n) is 17.2. The molecule has 1 aromatic carbocycles. The highest BCUT2D eigenvalue weighted by atomic mass is 32.2. The maximum Gasteiger partial charge on any atom is 0.243 e. The average molecular weight is 494 g/mol. The average Bonchev–Trinajstić information content (AvgIpc) is 3.36. The number of carbonyl (C=O) groups excluding carboxylic acids is 1. The summed E-state index contributed by atoms with van der Waals surface area (Å²) in [4.78, 5) is 12.2. The minimum absolute atomic E-state index is 0.000419. The van der Waals surface area contributed by atoms with E-state index >= 15 is 0 Å². The van der Waals surface area contributed by atoms with Crippen molar-refractivity contribution >= 4 is 35.8 Å². The van der Waals surface area contributed by atoms with Gasteiger partial charge in [-0.1, -0.05) is 6.92 Å². The Bertz CT molecular complexity index is 1120. The summed E-state index contributed by atoms with van der Waals surface area (Å²) in [6.45, 7) is 2.04. The summed E-state index contributed by atoms with van der Waals surface area (Å²) in [6, 6.07) is 4.45. The fraction of sp³-hybridized carbons (Fsp3) is 0.611. The first-order chi connectivity index (χ1) is 14.5. The van der Waals surface area contributed by atoms with E-state index in [9.17, 15) is 30.0 Å². The number of sulfonamides is 2. The number of nitrogens with one attached hydrogen (secondary N) is 1. The quantitative estimate of drug-likeness (QED) is 0.529. The predicted molar refractivity (Wildman–Crippen MR) is 114 cm³/mol. The Morgan fingerprint density at radius 3 is 2.19 bits per heavy atom. The lowest BCUT2D eigenvalue weighted by atomic mass is 10.2. The van der Waals surface area contributed by atoms with Crippen molar-refractivity contribution in [3.63, 3.8) is 0 Å². The number of likely N-dealkylation sites (N-methyl/N-ethyl adjacent to an activating group) is 1. The largest absolute Gasteiger partial charge is 0.351 e. The third kappa shape index (κ3) is 5.45. The van der Waals surface area contributed by atoms with E-state index in [1.807, 2.05) is 0 Å². The highest BCUT2D eigenvalue weighted by molar-refractivity contribution is 7.91. The van der Waals surface area contributed by atoms with Crippen molar-refractivity contribution in [3.05, 3.63) is 24.3 Å². The van der Waals surface area contributed by atoms with E-state index in [0.29, 0.717) is 19.5 Å². The van der Waals surface area contributed by atoms with Gasteiger partial charge in [-0.2, -0.15) is 8.61 Å². The van der Waals surface area contributed by atoms with Crippen LogP contribution in [0.15, 0.2) is 34.1 Å². The van der Waals surface area contributed by atoms with Crippen molar-refractivity contribution in [2.45, 2.75) is 42.0 Å². The van der Waals surface area contributed by atoms with Crippen LogP contribution in [0.2, 0.25) is 0 Å². The number of nitrogens with zero attached hydrogens (tertiary/aromatic N) is 2. The minimum atomic E-state index is -4.04. The van der Waals surface area contributed by atoms with Gasteiger partial charge in [0.25, 0.3) is 0 Å². The molecule has 2 saturated heterocycles. The fourth-order valence-electron chi connectivity index (χ4n) is 3.72. The van der Waals surface area contributed by atoms with E-state index in [0.717, 1.165) is 17.1 Å². The molecule has 0 radical (unpaired) electrons. The lowest BCUT2D eigenvalue weighted by Crippen LogP contribution is -2.44. The van der Waals surface area contributed by atoms with E-state index in [-0.39, 0.29) is 27.8 Å². The second-order valence-corrected chi connectivity index (χ2v) is 13.8. The van der Waals surface area contributed by atoms with Gasteiger partial charge in [-0.15, -0.1) is 0 Å². The Morgan fingerprint density at radius 1 is 1.10 bits per heavy atom. The first kappa shape index (κ1) is 24.1. The smallest absolute Gasteiger partial charge is 0.243 e. The number of sulfone groups is 1. The molecule has 10 nitrogen and oxygen atoms in total. The van der Waals surface area contributed by atoms with Gasteiger partial charge < -0.3 is 5.32 Å². The number of hydrogen-bond donors (Lipinski definition) is 1. The molecule has 2 aliphatic heterocycles. The summed E-state index contributed by atoms with van der Waals surface area (Å²) in [6.07, 6.45) is 1.90. The van der Waals surface area contributed by atoms with Crippen LogP contribution in [0.4, 0.5) is 0 Å². The zero-order valence-corrected chi connectivity index (χ0v) is 19.7. The first-order valence-corrected chi connectivity index (χ1v) is 14.8. The molecule has 2 fully saturated rings. The number of benzene rings is 1. The molecule has 13 heteroatoms. The highest BCUT2D eigenvalue weighted by Gasteiger charge is 2.32. The van der Waals surface area contributed by atoms with Crippen LogP contribution in [0.3, 0.4) is 0 Å². The van der Waals surface area contributed by atoms with Gasteiger partial charge in [-0.3, -0.25) is 4.79 Å². The zero-order chi connectivity index (χ0) is 22.9. The fourth-order valence-corrected chi connectivity index (χ4v) is 8.31. The predicted octanol–water partition coefficient (Wildman–Crippen LogP) is -0.215. The molecule has 2 aliphatic rings. The Labute approximate surface area is 183 Å². The van der Waals surface area contributed by atoms with Crippen LogP contribution >= 0.6 is 0 Å². The molecule has 1 aromatic rings. The van der Waals surface area contributed by atoms with Crippen LogP contribution in [0.25, 0.3) is 0 Å². The number of carbonyl (C=O) groups is 1. The molecule has 0 saturated carbocycles. The lowest BCUT2D eigenvalue weighted by molar-refractivity contribution is -0.121. The topological polar surface area (TPSA) is 138 Å². The summed E-state index contributed by atoms with van der Waals surface area (Å²) in [5.41, 5.74) is 0. The van der Waals surface area contributed by atoms with Gasteiger partial charge in [0.05, 0.1) is 27.8 Å². The Hall–Kier alpha value is -1.54. The van der Waals surface area contributed by atoms with Crippen molar-refractivity contribution in [1.29, 1.82) is 0 Å². The molecule has 0 aliphatic carbocycles. The third-order valence-electron chi connectivity index (χ3n) is 5.43. The monoisotopic (exact) mass is 493 g/mol. The second kappa shape index (κ2) is 9.14. The molecule has 1 atom stereocenters. The molecule has 0 aromatic heterocycles. The third-order valence-corrected chi connectivity index (χ3v) is 11.1. The maximum atomic E-state index is 12.9. The van der Waals surface area contributed by atoms with E-state index in [1.165, 1.54) is 28.6 Å². The van der Waals surface area contributed by atoms with Gasteiger partial charge in [-0.25, -0.2) is 25.3 Å². The molecule has 3 rings (SSSR count). The molecular weight excluding hydrogens is 466 g/mol. The van der Waals surface area contributed by atoms with Gasteiger partial charge in [-0.05, 0) is 43.5 Å². The molecule has 1 amide bonds. The van der Waals surface area contributed by atoms with Crippen LogP contribution in [-0.4, -0.2) is 83.5 Å². The standard InChI is InChI=1S/C18H27N3O7S3/c1-2-20(13-18(22)19-15-9-12-29(23,24)14-15)30(25,26)16-5-7-17(8-6-16)31(27,28)21-10-3-4-11-21/h5-8,15H,2-4,9-14H2,1H3,(H,19,22)/t15-/m1/s1. The van der Waals surface area contributed by atoms with Gasteiger partial charge in [0, 0.05) is 25.7 Å².